The number of benzene rings is 1. The van der Waals surface area contributed by atoms with Crippen molar-refractivity contribution in [1.29, 1.82) is 0 Å². The number of hydrogen-bond acceptors (Lipinski definition) is 3. The second kappa shape index (κ2) is 7.92. The Morgan fingerprint density at radius 2 is 1.62 bits per heavy atom. The van der Waals surface area contributed by atoms with Gasteiger partial charge in [0.25, 0.3) is 0 Å². The van der Waals surface area contributed by atoms with Crippen molar-refractivity contribution >= 4 is 10.0 Å². The second-order valence-electron chi connectivity index (χ2n) is 6.09. The van der Waals surface area contributed by atoms with Crippen LogP contribution in [0.5, 0.6) is 0 Å². The van der Waals surface area contributed by atoms with E-state index in [1.165, 1.54) is 0 Å². The summed E-state index contributed by atoms with van der Waals surface area (Å²) >= 11 is 0. The van der Waals surface area contributed by atoms with Gasteiger partial charge in [0.1, 0.15) is 0 Å². The molecule has 0 bridgehead atoms. The van der Waals surface area contributed by atoms with Crippen molar-refractivity contribution < 1.29 is 8.42 Å². The highest BCUT2D eigenvalue weighted by molar-refractivity contribution is 7.88. The van der Waals surface area contributed by atoms with Gasteiger partial charge in [-0.3, -0.25) is 0 Å². The van der Waals surface area contributed by atoms with Crippen LogP contribution in [0.1, 0.15) is 51.7 Å². The first-order chi connectivity index (χ1) is 9.78. The van der Waals surface area contributed by atoms with E-state index in [9.17, 15) is 8.42 Å². The molecule has 0 aliphatic heterocycles. The van der Waals surface area contributed by atoms with Crippen molar-refractivity contribution in [3.63, 3.8) is 0 Å². The quantitative estimate of drug-likeness (QED) is 0.737. The Morgan fingerprint density at radius 3 is 2.14 bits per heavy atom. The predicted molar refractivity (Wildman–Crippen MR) is 88.6 cm³/mol. The molecule has 0 radical (unpaired) electrons. The first-order valence-electron chi connectivity index (χ1n) is 7.58. The summed E-state index contributed by atoms with van der Waals surface area (Å²) in [7, 11) is -3.31. The van der Waals surface area contributed by atoms with Gasteiger partial charge in [-0.2, -0.15) is 0 Å². The van der Waals surface area contributed by atoms with Gasteiger partial charge >= 0.3 is 0 Å². The number of hydrogen-bond donors (Lipinski definition) is 2. The van der Waals surface area contributed by atoms with E-state index in [0.717, 1.165) is 37.1 Å². The average molecular weight is 312 g/mol. The third kappa shape index (κ3) is 7.07. The zero-order chi connectivity index (χ0) is 15.9. The molecule has 0 heterocycles. The van der Waals surface area contributed by atoms with Crippen molar-refractivity contribution in [2.75, 3.05) is 6.54 Å². The summed E-state index contributed by atoms with van der Waals surface area (Å²) in [4.78, 5) is 0. The minimum Gasteiger partial charge on any atom is -0.313 e. The fourth-order valence-corrected chi connectivity index (χ4v) is 4.02. The van der Waals surface area contributed by atoms with E-state index in [1.807, 2.05) is 38.1 Å². The zero-order valence-electron chi connectivity index (χ0n) is 13.6. The van der Waals surface area contributed by atoms with Crippen LogP contribution in [0.25, 0.3) is 0 Å². The Labute approximate surface area is 129 Å². The molecule has 0 aliphatic rings. The van der Waals surface area contributed by atoms with Crippen molar-refractivity contribution in [3.05, 3.63) is 35.4 Å². The first kappa shape index (κ1) is 18.1. The van der Waals surface area contributed by atoms with Crippen molar-refractivity contribution in [2.45, 2.75) is 58.4 Å². The number of nitrogens with one attached hydrogen (secondary N) is 2. The minimum atomic E-state index is -3.31. The molecule has 1 rings (SSSR count). The van der Waals surface area contributed by atoms with Crippen molar-refractivity contribution in [1.82, 2.24) is 10.0 Å². The standard InChI is InChI=1S/C16H28N2O2S/c1-5-11-16(3,4)18-21(19,20)13-15-9-7-14(8-10-15)12-17-6-2/h7-10,17-18H,5-6,11-13H2,1-4H3. The van der Waals surface area contributed by atoms with Crippen LogP contribution in [-0.2, 0) is 22.3 Å². The summed E-state index contributed by atoms with van der Waals surface area (Å²) in [5.41, 5.74) is 1.59. The first-order valence-corrected chi connectivity index (χ1v) is 9.23. The highest BCUT2D eigenvalue weighted by atomic mass is 32.2. The van der Waals surface area contributed by atoms with Crippen molar-refractivity contribution in [3.8, 4) is 0 Å². The summed E-state index contributed by atoms with van der Waals surface area (Å²) < 4.78 is 27.2. The molecule has 2 N–H and O–H groups in total. The molecule has 0 amide bonds. The zero-order valence-corrected chi connectivity index (χ0v) is 14.4. The van der Waals surface area contributed by atoms with Gasteiger partial charge in [0.15, 0.2) is 0 Å². The SMILES string of the molecule is CCCC(C)(C)NS(=O)(=O)Cc1ccc(CNCC)cc1. The summed E-state index contributed by atoms with van der Waals surface area (Å²) in [6.45, 7) is 9.70. The van der Waals surface area contributed by atoms with Crippen LogP contribution in [-0.4, -0.2) is 20.5 Å². The number of rotatable bonds is 9. The van der Waals surface area contributed by atoms with Crippen LogP contribution < -0.4 is 10.0 Å². The van der Waals surface area contributed by atoms with Crippen LogP contribution in [0.4, 0.5) is 0 Å². The van der Waals surface area contributed by atoms with E-state index >= 15 is 0 Å². The minimum absolute atomic E-state index is 0.0294. The van der Waals surface area contributed by atoms with Gasteiger partial charge in [-0.25, -0.2) is 13.1 Å². The molecule has 0 unspecified atom stereocenters. The molecule has 0 aromatic heterocycles. The summed E-state index contributed by atoms with van der Waals surface area (Å²) in [6, 6.07) is 7.73. The van der Waals surface area contributed by atoms with Crippen LogP contribution in [0, 0.1) is 0 Å². The Kier molecular flexibility index (Phi) is 6.84. The van der Waals surface area contributed by atoms with E-state index in [0.29, 0.717) is 0 Å². The lowest BCUT2D eigenvalue weighted by Crippen LogP contribution is -2.43. The lowest BCUT2D eigenvalue weighted by molar-refractivity contribution is 0.417. The van der Waals surface area contributed by atoms with Gasteiger partial charge in [-0.15, -0.1) is 0 Å². The molecule has 0 saturated heterocycles. The molecule has 0 spiro atoms. The molecule has 1 aromatic carbocycles. The summed E-state index contributed by atoms with van der Waals surface area (Å²) in [5.74, 6) is 0.0294. The normalized spacial score (nSPS) is 12.6. The monoisotopic (exact) mass is 312 g/mol. The molecule has 0 atom stereocenters. The van der Waals surface area contributed by atoms with Gasteiger partial charge in [-0.1, -0.05) is 44.5 Å². The molecule has 21 heavy (non-hydrogen) atoms. The Balaban J connectivity index is 2.67. The Morgan fingerprint density at radius 1 is 1.05 bits per heavy atom. The van der Waals surface area contributed by atoms with E-state index in [2.05, 4.69) is 23.9 Å². The molecule has 1 aromatic rings. The number of sulfonamides is 1. The molecular formula is C16H28N2O2S. The van der Waals surface area contributed by atoms with Gasteiger partial charge in [0, 0.05) is 12.1 Å². The van der Waals surface area contributed by atoms with E-state index in [4.69, 9.17) is 0 Å². The highest BCUT2D eigenvalue weighted by Gasteiger charge is 2.23. The molecule has 0 saturated carbocycles. The van der Waals surface area contributed by atoms with Crippen LogP contribution in [0.3, 0.4) is 0 Å². The molecule has 120 valence electrons. The maximum absolute atomic E-state index is 12.2. The lowest BCUT2D eigenvalue weighted by Gasteiger charge is -2.25. The third-order valence-corrected chi connectivity index (χ3v) is 4.84. The third-order valence-electron chi connectivity index (χ3n) is 3.27. The van der Waals surface area contributed by atoms with E-state index < -0.39 is 15.6 Å². The van der Waals surface area contributed by atoms with Crippen LogP contribution in [0.2, 0.25) is 0 Å². The molecule has 0 aliphatic carbocycles. The summed E-state index contributed by atoms with van der Waals surface area (Å²) in [5, 5.41) is 3.25. The molecule has 5 heteroatoms. The maximum Gasteiger partial charge on any atom is 0.216 e. The smallest absolute Gasteiger partial charge is 0.216 e. The topological polar surface area (TPSA) is 58.2 Å². The highest BCUT2D eigenvalue weighted by Crippen LogP contribution is 2.15. The Bertz CT molecular complexity index is 522. The molecular weight excluding hydrogens is 284 g/mol. The fraction of sp³-hybridized carbons (Fsp3) is 0.625. The van der Waals surface area contributed by atoms with Crippen LogP contribution in [0.15, 0.2) is 24.3 Å². The largest absolute Gasteiger partial charge is 0.313 e. The van der Waals surface area contributed by atoms with Crippen LogP contribution >= 0.6 is 0 Å². The summed E-state index contributed by atoms with van der Waals surface area (Å²) in [6.07, 6.45) is 1.78. The van der Waals surface area contributed by atoms with E-state index in [1.54, 1.807) is 0 Å². The van der Waals surface area contributed by atoms with Gasteiger partial charge in [0.2, 0.25) is 10.0 Å². The van der Waals surface area contributed by atoms with E-state index in [-0.39, 0.29) is 5.75 Å². The average Bonchev–Trinajstić information content (AvgIpc) is 2.36. The van der Waals surface area contributed by atoms with Gasteiger partial charge < -0.3 is 5.32 Å². The van der Waals surface area contributed by atoms with Gasteiger partial charge in [0.05, 0.1) is 5.75 Å². The molecule has 4 nitrogen and oxygen atoms in total. The van der Waals surface area contributed by atoms with Gasteiger partial charge in [-0.05, 0) is 37.9 Å². The lowest BCUT2D eigenvalue weighted by atomic mass is 10.0. The predicted octanol–water partition coefficient (Wildman–Crippen LogP) is 2.79. The van der Waals surface area contributed by atoms with Crippen molar-refractivity contribution in [2.24, 2.45) is 0 Å². The molecule has 0 fully saturated rings. The second-order valence-corrected chi connectivity index (χ2v) is 7.81. The maximum atomic E-state index is 12.2. The fourth-order valence-electron chi connectivity index (χ4n) is 2.38. The Hall–Kier alpha value is -0.910.